The number of benzene rings is 1. The topological polar surface area (TPSA) is 97.2 Å². The number of thiophene rings is 1. The summed E-state index contributed by atoms with van der Waals surface area (Å²) in [5.74, 6) is 0.302. The van der Waals surface area contributed by atoms with E-state index in [0.29, 0.717) is 30.3 Å². The first-order valence-electron chi connectivity index (χ1n) is 10.9. The molecular formula is C22H21N5O3S3. The van der Waals surface area contributed by atoms with Gasteiger partial charge in [-0.1, -0.05) is 29.5 Å². The number of amides is 1. The lowest BCUT2D eigenvalue weighted by molar-refractivity contribution is -0.119. The molecule has 8 nitrogen and oxygen atoms in total. The highest BCUT2D eigenvalue weighted by Crippen LogP contribution is 2.35. The highest BCUT2D eigenvalue weighted by Gasteiger charge is 2.40. The lowest BCUT2D eigenvalue weighted by Crippen LogP contribution is -2.43. The van der Waals surface area contributed by atoms with E-state index in [9.17, 15) is 13.2 Å². The number of para-hydroxylation sites is 1. The van der Waals surface area contributed by atoms with Crippen LogP contribution in [0, 0.1) is 0 Å². The van der Waals surface area contributed by atoms with Crippen LogP contribution in [-0.2, 0) is 27.7 Å². The van der Waals surface area contributed by atoms with Crippen molar-refractivity contribution in [2.45, 2.75) is 42.4 Å². The van der Waals surface area contributed by atoms with Crippen molar-refractivity contribution in [2.75, 3.05) is 11.9 Å². The maximum Gasteiger partial charge on any atom is 0.253 e. The fraction of sp³-hybridized carbons (Fsp3) is 0.318. The first kappa shape index (κ1) is 21.0. The number of rotatable bonds is 5. The van der Waals surface area contributed by atoms with E-state index < -0.39 is 16.1 Å². The molecule has 1 N–H and O–H groups in total. The number of nitrogens with zero attached hydrogens (tertiary/aromatic N) is 4. The molecule has 1 aromatic carbocycles. The monoisotopic (exact) mass is 499 g/mol. The van der Waals surface area contributed by atoms with E-state index in [-0.39, 0.29) is 10.1 Å². The van der Waals surface area contributed by atoms with Crippen LogP contribution in [0.25, 0.3) is 15.3 Å². The third kappa shape index (κ3) is 3.50. The van der Waals surface area contributed by atoms with E-state index in [2.05, 4.69) is 5.32 Å². The highest BCUT2D eigenvalue weighted by molar-refractivity contribution is 7.91. The Labute approximate surface area is 198 Å². The number of carbonyl (C=O) groups is 1. The maximum absolute atomic E-state index is 13.4. The van der Waals surface area contributed by atoms with Crippen LogP contribution >= 0.6 is 22.7 Å². The normalized spacial score (nSPS) is 18.7. The number of hydrogen-bond acceptors (Lipinski definition) is 7. The van der Waals surface area contributed by atoms with Crippen molar-refractivity contribution < 1.29 is 13.2 Å². The molecule has 0 saturated carbocycles. The van der Waals surface area contributed by atoms with Crippen molar-refractivity contribution in [3.05, 3.63) is 53.0 Å². The summed E-state index contributed by atoms with van der Waals surface area (Å²) in [7, 11) is -3.70. The number of aryl methyl sites for hydroxylation is 1. The molecule has 0 radical (unpaired) electrons. The minimum absolute atomic E-state index is 0.266. The van der Waals surface area contributed by atoms with Gasteiger partial charge in [-0.15, -0.1) is 11.3 Å². The van der Waals surface area contributed by atoms with E-state index in [1.807, 2.05) is 24.3 Å². The largest absolute Gasteiger partial charge is 0.309 e. The van der Waals surface area contributed by atoms with Crippen LogP contribution in [0.4, 0.5) is 5.82 Å². The van der Waals surface area contributed by atoms with Gasteiger partial charge in [-0.25, -0.2) is 13.4 Å². The van der Waals surface area contributed by atoms with Gasteiger partial charge in [-0.2, -0.15) is 14.1 Å². The van der Waals surface area contributed by atoms with Gasteiger partial charge in [0.1, 0.15) is 16.1 Å². The third-order valence-electron chi connectivity index (χ3n) is 6.18. The first-order valence-corrected chi connectivity index (χ1v) is 14.0. The summed E-state index contributed by atoms with van der Waals surface area (Å²) < 4.78 is 30.6. The molecular weight excluding hydrogens is 478 g/mol. The van der Waals surface area contributed by atoms with E-state index in [1.165, 1.54) is 27.0 Å². The summed E-state index contributed by atoms with van der Waals surface area (Å²) in [4.78, 5) is 18.1. The number of carbonyl (C=O) groups excluding carboxylic acids is 1. The number of sulfonamides is 1. The smallest absolute Gasteiger partial charge is 0.253 e. The molecule has 1 aliphatic carbocycles. The van der Waals surface area contributed by atoms with Gasteiger partial charge in [0.15, 0.2) is 0 Å². The van der Waals surface area contributed by atoms with Crippen molar-refractivity contribution in [3.8, 4) is 5.13 Å². The molecule has 1 unspecified atom stereocenters. The second-order valence-electron chi connectivity index (χ2n) is 8.20. The van der Waals surface area contributed by atoms with E-state index in [4.69, 9.17) is 10.1 Å². The minimum Gasteiger partial charge on any atom is -0.309 e. The number of thiazole rings is 1. The number of anilines is 1. The van der Waals surface area contributed by atoms with Crippen LogP contribution < -0.4 is 5.32 Å². The fourth-order valence-electron chi connectivity index (χ4n) is 4.62. The molecule has 3 aromatic heterocycles. The van der Waals surface area contributed by atoms with Gasteiger partial charge >= 0.3 is 0 Å². The number of fused-ring (bicyclic) bond motifs is 2. The average Bonchev–Trinajstić information content (AvgIpc) is 3.62. The zero-order chi connectivity index (χ0) is 22.6. The van der Waals surface area contributed by atoms with Gasteiger partial charge in [0.05, 0.1) is 15.9 Å². The van der Waals surface area contributed by atoms with Crippen LogP contribution in [0.2, 0.25) is 0 Å². The molecule has 170 valence electrons. The maximum atomic E-state index is 13.4. The summed E-state index contributed by atoms with van der Waals surface area (Å²) >= 11 is 2.69. The van der Waals surface area contributed by atoms with E-state index in [1.54, 1.807) is 22.2 Å². The Kier molecular flexibility index (Phi) is 5.09. The van der Waals surface area contributed by atoms with Gasteiger partial charge in [-0.3, -0.25) is 4.79 Å². The minimum atomic E-state index is -3.70. The van der Waals surface area contributed by atoms with Gasteiger partial charge in [-0.05, 0) is 55.7 Å². The van der Waals surface area contributed by atoms with Gasteiger partial charge in [0.2, 0.25) is 11.0 Å². The standard InChI is InChI=1S/C22H21N5O3S3/c28-21(17-9-4-12-26(17)33(29,30)19-11-5-13-31-19)24-20-14-6-3-8-15(14)25-27(20)22-23-16-7-1-2-10-18(16)32-22/h1-2,5,7,10-11,13,17H,3-4,6,8-9,12H2,(H,24,28). The first-order chi connectivity index (χ1) is 16.0. The molecule has 1 atom stereocenters. The van der Waals surface area contributed by atoms with Crippen molar-refractivity contribution in [2.24, 2.45) is 0 Å². The molecule has 1 amide bonds. The number of hydrogen-bond donors (Lipinski definition) is 1. The molecule has 1 saturated heterocycles. The third-order valence-corrected chi connectivity index (χ3v) is 10.5. The van der Waals surface area contributed by atoms with Crippen LogP contribution in [0.5, 0.6) is 0 Å². The summed E-state index contributed by atoms with van der Waals surface area (Å²) in [5, 5.41) is 10.2. The molecule has 1 aliphatic heterocycles. The van der Waals surface area contributed by atoms with Crippen LogP contribution in [0.15, 0.2) is 46.0 Å². The Hall–Kier alpha value is -2.60. The van der Waals surface area contributed by atoms with E-state index >= 15 is 0 Å². The predicted octanol–water partition coefficient (Wildman–Crippen LogP) is 3.82. The zero-order valence-electron chi connectivity index (χ0n) is 17.6. The highest BCUT2D eigenvalue weighted by atomic mass is 32.2. The van der Waals surface area contributed by atoms with Crippen LogP contribution in [0.3, 0.4) is 0 Å². The lowest BCUT2D eigenvalue weighted by Gasteiger charge is -2.23. The molecule has 1 fully saturated rings. The van der Waals surface area contributed by atoms with Crippen molar-refractivity contribution in [1.82, 2.24) is 19.1 Å². The second-order valence-corrected chi connectivity index (χ2v) is 12.3. The Morgan fingerprint density at radius 2 is 2.00 bits per heavy atom. The molecule has 0 bridgehead atoms. The lowest BCUT2D eigenvalue weighted by atomic mass is 10.2. The number of nitrogens with one attached hydrogen (secondary N) is 1. The fourth-order valence-corrected chi connectivity index (χ4v) is 8.33. The van der Waals surface area contributed by atoms with Crippen molar-refractivity contribution >= 4 is 54.6 Å². The predicted molar refractivity (Wildman–Crippen MR) is 129 cm³/mol. The van der Waals surface area contributed by atoms with Crippen LogP contribution in [-0.4, -0.2) is 46.0 Å². The molecule has 0 spiro atoms. The second kappa shape index (κ2) is 8.01. The summed E-state index contributed by atoms with van der Waals surface area (Å²) in [6.45, 7) is 0.341. The van der Waals surface area contributed by atoms with Crippen molar-refractivity contribution in [1.29, 1.82) is 0 Å². The number of aromatic nitrogens is 3. The molecule has 4 heterocycles. The Morgan fingerprint density at radius 1 is 1.12 bits per heavy atom. The van der Waals surface area contributed by atoms with Gasteiger partial charge in [0, 0.05) is 12.1 Å². The Morgan fingerprint density at radius 3 is 2.82 bits per heavy atom. The summed E-state index contributed by atoms with van der Waals surface area (Å²) in [6.07, 6.45) is 3.82. The quantitative estimate of drug-likeness (QED) is 0.450. The summed E-state index contributed by atoms with van der Waals surface area (Å²) in [5.41, 5.74) is 2.88. The Bertz CT molecular complexity index is 1420. The summed E-state index contributed by atoms with van der Waals surface area (Å²) in [6, 6.07) is 10.4. The van der Waals surface area contributed by atoms with Gasteiger partial charge < -0.3 is 5.32 Å². The van der Waals surface area contributed by atoms with Crippen LogP contribution in [0.1, 0.15) is 30.5 Å². The zero-order valence-corrected chi connectivity index (χ0v) is 20.0. The molecule has 2 aliphatic rings. The van der Waals surface area contributed by atoms with Gasteiger partial charge in [0.25, 0.3) is 10.0 Å². The van der Waals surface area contributed by atoms with E-state index in [0.717, 1.165) is 40.7 Å². The van der Waals surface area contributed by atoms with Crippen molar-refractivity contribution in [3.63, 3.8) is 0 Å². The SMILES string of the molecule is O=C(Nc1c2c(nn1-c1nc3ccccc3s1)CCC2)C1CCCN1S(=O)(=O)c1cccs1. The molecule has 33 heavy (non-hydrogen) atoms. The average molecular weight is 500 g/mol. The molecule has 11 heteroatoms. The molecule has 6 rings (SSSR count). The Balaban J connectivity index is 1.34. The molecule has 4 aromatic rings.